The third-order valence-corrected chi connectivity index (χ3v) is 9.25. The molecule has 248 valence electrons. The van der Waals surface area contributed by atoms with Gasteiger partial charge in [-0.05, 0) is 67.4 Å². The third-order valence-electron chi connectivity index (χ3n) is 8.14. The molecule has 7 rings (SSSR count). The lowest BCUT2D eigenvalue weighted by Gasteiger charge is -2.37. The second-order valence-corrected chi connectivity index (χ2v) is 12.3. The highest BCUT2D eigenvalue weighted by Gasteiger charge is 2.19. The molecule has 0 N–H and O–H groups in total. The van der Waals surface area contributed by atoms with Gasteiger partial charge in [-0.15, -0.1) is 11.8 Å². The lowest BCUT2D eigenvalue weighted by molar-refractivity contribution is 0.145. The maximum atomic E-state index is 12.6. The van der Waals surface area contributed by atoms with Crippen molar-refractivity contribution in [2.24, 2.45) is 7.05 Å². The molecule has 0 aliphatic carbocycles. The summed E-state index contributed by atoms with van der Waals surface area (Å²) in [5.74, 6) is 2.01. The fraction of sp³-hybridized carbons (Fsp3) is 0.371. The molecular weight excluding hydrogens is 613 g/mol. The predicted molar refractivity (Wildman–Crippen MR) is 189 cm³/mol. The van der Waals surface area contributed by atoms with E-state index in [2.05, 4.69) is 80.6 Å². The van der Waals surface area contributed by atoms with Gasteiger partial charge in [0, 0.05) is 50.4 Å². The number of benzene rings is 3. The Bertz CT molecular complexity index is 1660. The van der Waals surface area contributed by atoms with Gasteiger partial charge in [-0.25, -0.2) is 14.0 Å². The van der Waals surface area contributed by atoms with E-state index in [-0.39, 0.29) is 17.2 Å². The molecule has 4 heterocycles. The van der Waals surface area contributed by atoms with Crippen LogP contribution in [0, 0.1) is 0 Å². The Balaban J connectivity index is 0.000000206. The number of piperazine rings is 1. The minimum atomic E-state index is -0.0924. The number of methoxy groups -OCH3 is 1. The molecule has 11 nitrogen and oxygen atoms in total. The van der Waals surface area contributed by atoms with E-state index in [9.17, 15) is 4.79 Å². The van der Waals surface area contributed by atoms with Crippen LogP contribution in [0.1, 0.15) is 37.3 Å². The molecule has 2 aromatic heterocycles. The van der Waals surface area contributed by atoms with Gasteiger partial charge in [0.2, 0.25) is 0 Å². The molecule has 0 bridgehead atoms. The Morgan fingerprint density at radius 2 is 1.43 bits per heavy atom. The zero-order valence-corrected chi connectivity index (χ0v) is 28.4. The second kappa shape index (κ2) is 16.8. The highest BCUT2D eigenvalue weighted by atomic mass is 32.2. The van der Waals surface area contributed by atoms with Crippen LogP contribution < -0.4 is 20.2 Å². The minimum Gasteiger partial charge on any atom is -0.497 e. The monoisotopic (exact) mass is 656 g/mol. The summed E-state index contributed by atoms with van der Waals surface area (Å²) in [4.78, 5) is 18.9. The fourth-order valence-electron chi connectivity index (χ4n) is 5.25. The summed E-state index contributed by atoms with van der Waals surface area (Å²) >= 11 is 1.87. The highest BCUT2D eigenvalue weighted by Crippen LogP contribution is 2.34. The number of aromatic nitrogens is 6. The normalized spacial score (nSPS) is 16.5. The van der Waals surface area contributed by atoms with E-state index in [1.807, 2.05) is 49.0 Å². The first-order valence-electron chi connectivity index (χ1n) is 16.0. The van der Waals surface area contributed by atoms with Gasteiger partial charge < -0.3 is 19.3 Å². The zero-order chi connectivity index (χ0) is 33.0. The van der Waals surface area contributed by atoms with E-state index in [1.54, 1.807) is 42.1 Å². The Hall–Kier alpha value is -4.55. The number of ether oxygens (including phenoxy) is 2. The van der Waals surface area contributed by atoms with Crippen LogP contribution in [0.15, 0.2) is 102 Å². The Morgan fingerprint density at radius 3 is 1.91 bits per heavy atom. The van der Waals surface area contributed by atoms with Crippen molar-refractivity contribution in [3.05, 3.63) is 114 Å². The first-order valence-corrected chi connectivity index (χ1v) is 17.0. The number of hydrogen-bond donors (Lipinski definition) is 0. The van der Waals surface area contributed by atoms with Crippen LogP contribution in [0.3, 0.4) is 0 Å². The number of anilines is 2. The van der Waals surface area contributed by atoms with Gasteiger partial charge in [-0.3, -0.25) is 0 Å². The molecule has 0 radical (unpaired) electrons. The minimum absolute atomic E-state index is 0.0924. The fourth-order valence-corrected chi connectivity index (χ4v) is 6.20. The molecule has 0 saturated carbocycles. The second-order valence-electron chi connectivity index (χ2n) is 11.2. The number of hydrogen-bond acceptors (Lipinski definition) is 9. The lowest BCUT2D eigenvalue weighted by Crippen LogP contribution is -2.46. The van der Waals surface area contributed by atoms with Gasteiger partial charge in [0.1, 0.15) is 17.5 Å². The Morgan fingerprint density at radius 1 is 0.851 bits per heavy atom. The Labute approximate surface area is 280 Å². The van der Waals surface area contributed by atoms with Crippen LogP contribution >= 0.6 is 11.8 Å². The van der Waals surface area contributed by atoms with Gasteiger partial charge in [-0.2, -0.15) is 20.1 Å². The van der Waals surface area contributed by atoms with Crippen LogP contribution in [-0.2, 0) is 11.8 Å². The number of rotatable bonds is 7. The number of nitrogens with zero attached hydrogens (tertiary/aromatic N) is 8. The quantitative estimate of drug-likeness (QED) is 0.222. The average molecular weight is 657 g/mol. The molecular formula is C35H44N8O3S. The number of thioether (sulfide) groups is 1. The molecule has 3 aromatic carbocycles. The summed E-state index contributed by atoms with van der Waals surface area (Å²) in [6.07, 6.45) is 5.76. The van der Waals surface area contributed by atoms with Crippen LogP contribution in [0.2, 0.25) is 0 Å². The first-order chi connectivity index (χ1) is 23.0. The van der Waals surface area contributed by atoms with Crippen molar-refractivity contribution in [1.29, 1.82) is 0 Å². The van der Waals surface area contributed by atoms with Crippen molar-refractivity contribution in [3.63, 3.8) is 0 Å². The molecule has 5 aromatic rings. The van der Waals surface area contributed by atoms with Crippen molar-refractivity contribution in [2.75, 3.05) is 55.4 Å². The van der Waals surface area contributed by atoms with Crippen molar-refractivity contribution < 1.29 is 9.47 Å². The molecule has 2 unspecified atom stereocenters. The van der Waals surface area contributed by atoms with E-state index in [1.165, 1.54) is 21.7 Å². The molecule has 2 aliphatic rings. The maximum Gasteiger partial charge on any atom is 0.350 e. The van der Waals surface area contributed by atoms with Gasteiger partial charge >= 0.3 is 5.69 Å². The SMILES string of the molecule is CCC(C)n1ncn(-c2ccc(N3CCN(c4ccc(OC)cc4)CC3)cc2)c1=O.Cn1nccn1.c1ccc(C2OCCS2)cc1. The molecule has 47 heavy (non-hydrogen) atoms. The summed E-state index contributed by atoms with van der Waals surface area (Å²) in [5, 5.41) is 11.7. The summed E-state index contributed by atoms with van der Waals surface area (Å²) in [6, 6.07) is 26.9. The number of aryl methyl sites for hydroxylation is 1. The van der Waals surface area contributed by atoms with E-state index in [0.29, 0.717) is 0 Å². The van der Waals surface area contributed by atoms with Crippen LogP contribution in [0.5, 0.6) is 5.75 Å². The molecule has 2 atom stereocenters. The van der Waals surface area contributed by atoms with E-state index >= 15 is 0 Å². The standard InChI is InChI=1S/C23H29N5O2.C9H10OS.C3H5N3/c1-4-18(2)28-23(29)27(17-24-28)21-7-5-19(6-8-21)25-13-15-26(16-14-25)20-9-11-22(30-3)12-10-20;1-2-4-8(5-3-1)9-10-6-7-11-9;1-6-4-2-3-5-6/h5-12,17-18H,4,13-16H2,1-3H3;1-5,9H,6-7H2;2-3H,1H3. The molecule has 0 amide bonds. The predicted octanol–water partition coefficient (Wildman–Crippen LogP) is 5.60. The highest BCUT2D eigenvalue weighted by molar-refractivity contribution is 7.99. The van der Waals surface area contributed by atoms with E-state index < -0.39 is 0 Å². The van der Waals surface area contributed by atoms with Crippen molar-refractivity contribution in [1.82, 2.24) is 29.3 Å². The molecule has 2 saturated heterocycles. The largest absolute Gasteiger partial charge is 0.497 e. The van der Waals surface area contributed by atoms with Crippen LogP contribution in [-0.4, -0.2) is 75.0 Å². The first kappa shape index (κ1) is 33.8. The van der Waals surface area contributed by atoms with Crippen molar-refractivity contribution >= 4 is 23.1 Å². The molecule has 12 heteroatoms. The van der Waals surface area contributed by atoms with Gasteiger partial charge in [0.25, 0.3) is 0 Å². The van der Waals surface area contributed by atoms with Crippen LogP contribution in [0.4, 0.5) is 11.4 Å². The Kier molecular flexibility index (Phi) is 12.1. The summed E-state index contributed by atoms with van der Waals surface area (Å²) in [7, 11) is 3.47. The topological polar surface area (TPSA) is 95.5 Å². The smallest absolute Gasteiger partial charge is 0.350 e. The van der Waals surface area contributed by atoms with E-state index in [0.717, 1.165) is 56.4 Å². The maximum absolute atomic E-state index is 12.6. The summed E-state index contributed by atoms with van der Waals surface area (Å²) in [6.45, 7) is 8.80. The average Bonchev–Trinajstić information content (AvgIpc) is 3.93. The third kappa shape index (κ3) is 9.05. The van der Waals surface area contributed by atoms with Gasteiger partial charge in [0.05, 0.1) is 37.8 Å². The molecule has 0 spiro atoms. The van der Waals surface area contributed by atoms with Crippen LogP contribution in [0.25, 0.3) is 5.69 Å². The van der Waals surface area contributed by atoms with Crippen molar-refractivity contribution in [2.45, 2.75) is 31.7 Å². The summed E-state index contributed by atoms with van der Waals surface area (Å²) in [5.41, 5.74) is 4.73. The lowest BCUT2D eigenvalue weighted by atomic mass is 10.2. The van der Waals surface area contributed by atoms with Crippen molar-refractivity contribution in [3.8, 4) is 11.4 Å². The van der Waals surface area contributed by atoms with E-state index in [4.69, 9.17) is 9.47 Å². The van der Waals surface area contributed by atoms with Gasteiger partial charge in [-0.1, -0.05) is 37.3 Å². The summed E-state index contributed by atoms with van der Waals surface area (Å²) < 4.78 is 13.9. The molecule has 2 fully saturated rings. The molecule has 2 aliphatic heterocycles. The van der Waals surface area contributed by atoms with Gasteiger partial charge in [0.15, 0.2) is 0 Å². The zero-order valence-electron chi connectivity index (χ0n) is 27.6.